The smallest absolute Gasteiger partial charge is 0.250 e. The van der Waals surface area contributed by atoms with Crippen molar-refractivity contribution in [3.05, 3.63) is 47.5 Å². The van der Waals surface area contributed by atoms with Crippen LogP contribution in [0.15, 0.2) is 34.9 Å². The highest BCUT2D eigenvalue weighted by molar-refractivity contribution is 6.07. The molecule has 3 aromatic rings. The van der Waals surface area contributed by atoms with Gasteiger partial charge in [-0.3, -0.25) is 9.48 Å². The molecule has 0 bridgehead atoms. The first-order valence-electron chi connectivity index (χ1n) is 6.33. The second kappa shape index (κ2) is 4.90. The minimum Gasteiger partial charge on any atom is -0.452 e. The van der Waals surface area contributed by atoms with Crippen LogP contribution in [0.1, 0.15) is 21.8 Å². The maximum absolute atomic E-state index is 12.3. The largest absolute Gasteiger partial charge is 0.452 e. The van der Waals surface area contributed by atoms with Crippen LogP contribution in [-0.4, -0.2) is 27.3 Å². The number of nitrogens with two attached hydrogens (primary N) is 1. The van der Waals surface area contributed by atoms with E-state index in [2.05, 4.69) is 10.3 Å². The maximum Gasteiger partial charge on any atom is 0.250 e. The summed E-state index contributed by atoms with van der Waals surface area (Å²) in [4.78, 5) is 12.3. The van der Waals surface area contributed by atoms with Gasteiger partial charge in [0.1, 0.15) is 5.58 Å². The molecule has 20 heavy (non-hydrogen) atoms. The van der Waals surface area contributed by atoms with Crippen molar-refractivity contribution in [1.82, 2.24) is 15.0 Å². The number of aryl methyl sites for hydroxylation is 1. The Kier molecular flexibility index (Phi) is 3.08. The molecule has 3 rings (SSSR count). The number of furan rings is 1. The number of hydrogen-bond donors (Lipinski definition) is 1. The van der Waals surface area contributed by atoms with Crippen LogP contribution in [0.3, 0.4) is 0 Å². The van der Waals surface area contributed by atoms with Crippen molar-refractivity contribution in [2.45, 2.75) is 13.5 Å². The highest BCUT2D eigenvalue weighted by Gasteiger charge is 2.18. The molecular formula is C14H14N4O2. The van der Waals surface area contributed by atoms with E-state index in [-0.39, 0.29) is 17.2 Å². The minimum absolute atomic E-state index is 0.259. The molecule has 0 unspecified atom stereocenters. The fourth-order valence-electron chi connectivity index (χ4n) is 2.09. The van der Waals surface area contributed by atoms with Crippen molar-refractivity contribution in [1.29, 1.82) is 0 Å². The number of aromatic nitrogens is 3. The van der Waals surface area contributed by atoms with E-state index in [1.165, 1.54) is 0 Å². The lowest BCUT2D eigenvalue weighted by molar-refractivity contribution is 0.101. The van der Waals surface area contributed by atoms with Crippen LogP contribution in [0.4, 0.5) is 0 Å². The summed E-state index contributed by atoms with van der Waals surface area (Å²) in [5.41, 5.74) is 7.41. The summed E-state index contributed by atoms with van der Waals surface area (Å²) in [5, 5.41) is 8.61. The highest BCUT2D eigenvalue weighted by atomic mass is 16.3. The normalized spacial score (nSPS) is 11.1. The Morgan fingerprint density at radius 2 is 2.30 bits per heavy atom. The molecule has 0 amide bonds. The summed E-state index contributed by atoms with van der Waals surface area (Å²) < 4.78 is 7.18. The molecule has 0 aliphatic heterocycles. The molecule has 0 radical (unpaired) electrons. The number of hydrogen-bond acceptors (Lipinski definition) is 5. The highest BCUT2D eigenvalue weighted by Crippen LogP contribution is 2.23. The second-order valence-electron chi connectivity index (χ2n) is 4.59. The van der Waals surface area contributed by atoms with Gasteiger partial charge >= 0.3 is 0 Å². The third kappa shape index (κ3) is 2.10. The first kappa shape index (κ1) is 12.6. The minimum atomic E-state index is -0.274. The van der Waals surface area contributed by atoms with Crippen LogP contribution in [0, 0.1) is 6.92 Å². The molecule has 0 aliphatic carbocycles. The molecule has 2 aromatic heterocycles. The Balaban J connectivity index is 1.97. The van der Waals surface area contributed by atoms with Crippen LogP contribution < -0.4 is 5.73 Å². The van der Waals surface area contributed by atoms with Crippen molar-refractivity contribution in [2.75, 3.05) is 6.54 Å². The number of para-hydroxylation sites is 1. The molecule has 2 N–H and O–H groups in total. The van der Waals surface area contributed by atoms with E-state index in [4.69, 9.17) is 10.2 Å². The van der Waals surface area contributed by atoms with Gasteiger partial charge in [0.15, 0.2) is 11.5 Å². The first-order chi connectivity index (χ1) is 9.69. The zero-order valence-corrected chi connectivity index (χ0v) is 11.0. The molecule has 1 aromatic carbocycles. The van der Waals surface area contributed by atoms with Gasteiger partial charge < -0.3 is 10.2 Å². The molecule has 0 spiro atoms. The molecule has 0 saturated heterocycles. The summed E-state index contributed by atoms with van der Waals surface area (Å²) in [6.07, 6.45) is 1.58. The number of nitrogens with zero attached hydrogens (tertiary/aromatic N) is 3. The van der Waals surface area contributed by atoms with Crippen LogP contribution >= 0.6 is 0 Å². The number of fused-ring (bicyclic) bond motifs is 1. The quantitative estimate of drug-likeness (QED) is 0.726. The predicted molar refractivity (Wildman–Crippen MR) is 73.5 cm³/mol. The second-order valence-corrected chi connectivity index (χ2v) is 4.59. The zero-order chi connectivity index (χ0) is 14.1. The molecule has 6 nitrogen and oxygen atoms in total. The lowest BCUT2D eigenvalue weighted by Crippen LogP contribution is -2.10. The average Bonchev–Trinajstić information content (AvgIpc) is 3.05. The van der Waals surface area contributed by atoms with Crippen molar-refractivity contribution < 1.29 is 9.21 Å². The molecule has 0 atom stereocenters. The van der Waals surface area contributed by atoms with Crippen LogP contribution in [-0.2, 0) is 6.54 Å². The van der Waals surface area contributed by atoms with Crippen LogP contribution in [0.2, 0.25) is 0 Å². The SMILES string of the molecule is Cc1cccc2cc(C(=O)c3cn(CCN)nn3)oc12. The van der Waals surface area contributed by atoms with E-state index in [1.807, 2.05) is 25.1 Å². The zero-order valence-electron chi connectivity index (χ0n) is 11.0. The van der Waals surface area contributed by atoms with Gasteiger partial charge in [-0.25, -0.2) is 0 Å². The van der Waals surface area contributed by atoms with E-state index in [9.17, 15) is 4.79 Å². The third-order valence-corrected chi connectivity index (χ3v) is 3.09. The summed E-state index contributed by atoms with van der Waals surface area (Å²) >= 11 is 0. The van der Waals surface area contributed by atoms with Crippen molar-refractivity contribution in [2.24, 2.45) is 5.73 Å². The van der Waals surface area contributed by atoms with Gasteiger partial charge in [-0.1, -0.05) is 23.4 Å². The monoisotopic (exact) mass is 270 g/mol. The van der Waals surface area contributed by atoms with Gasteiger partial charge in [-0.2, -0.15) is 0 Å². The van der Waals surface area contributed by atoms with Gasteiger partial charge in [0.05, 0.1) is 12.7 Å². The van der Waals surface area contributed by atoms with Crippen LogP contribution in [0.25, 0.3) is 11.0 Å². The fraction of sp³-hybridized carbons (Fsp3) is 0.214. The molecule has 0 saturated carbocycles. The average molecular weight is 270 g/mol. The van der Waals surface area contributed by atoms with Gasteiger partial charge in [-0.15, -0.1) is 5.10 Å². The maximum atomic E-state index is 12.3. The van der Waals surface area contributed by atoms with Crippen molar-refractivity contribution >= 4 is 16.8 Å². The topological polar surface area (TPSA) is 86.9 Å². The van der Waals surface area contributed by atoms with Crippen LogP contribution in [0.5, 0.6) is 0 Å². The van der Waals surface area contributed by atoms with Crippen molar-refractivity contribution in [3.8, 4) is 0 Å². The molecular weight excluding hydrogens is 256 g/mol. The predicted octanol–water partition coefficient (Wildman–Crippen LogP) is 1.52. The fourth-order valence-corrected chi connectivity index (χ4v) is 2.09. The van der Waals surface area contributed by atoms with E-state index in [0.717, 1.165) is 16.5 Å². The number of carbonyl (C=O) groups excluding carboxylic acids is 1. The molecule has 2 heterocycles. The first-order valence-corrected chi connectivity index (χ1v) is 6.33. The van der Waals surface area contributed by atoms with Gasteiger partial charge in [0.2, 0.25) is 5.78 Å². The van der Waals surface area contributed by atoms with Gasteiger partial charge in [0.25, 0.3) is 0 Å². The lowest BCUT2D eigenvalue weighted by atomic mass is 10.1. The van der Waals surface area contributed by atoms with E-state index >= 15 is 0 Å². The Morgan fingerprint density at radius 3 is 3.05 bits per heavy atom. The number of ketones is 1. The van der Waals surface area contributed by atoms with Crippen molar-refractivity contribution in [3.63, 3.8) is 0 Å². The molecule has 102 valence electrons. The Labute approximate surface area is 115 Å². The Morgan fingerprint density at radius 1 is 1.45 bits per heavy atom. The Hall–Kier alpha value is -2.47. The molecule has 6 heteroatoms. The van der Waals surface area contributed by atoms with E-state index in [1.54, 1.807) is 16.9 Å². The number of rotatable bonds is 4. The van der Waals surface area contributed by atoms with Gasteiger partial charge in [-0.05, 0) is 18.6 Å². The number of carbonyl (C=O) groups is 1. The molecule has 0 aliphatic rings. The lowest BCUT2D eigenvalue weighted by Gasteiger charge is -1.93. The Bertz CT molecular complexity index is 772. The summed E-state index contributed by atoms with van der Waals surface area (Å²) in [7, 11) is 0. The summed E-state index contributed by atoms with van der Waals surface area (Å²) in [5.74, 6) is -0.00188. The third-order valence-electron chi connectivity index (χ3n) is 3.09. The van der Waals surface area contributed by atoms with Gasteiger partial charge in [0, 0.05) is 11.9 Å². The van der Waals surface area contributed by atoms with E-state index < -0.39 is 0 Å². The number of benzene rings is 1. The molecule has 0 fully saturated rings. The van der Waals surface area contributed by atoms with E-state index in [0.29, 0.717) is 13.1 Å². The summed E-state index contributed by atoms with van der Waals surface area (Å²) in [6, 6.07) is 7.51. The standard InChI is InChI=1S/C14H14N4O2/c1-9-3-2-4-10-7-12(20-14(9)10)13(19)11-8-18(6-5-15)17-16-11/h2-4,7-8H,5-6,15H2,1H3. The summed E-state index contributed by atoms with van der Waals surface area (Å²) in [6.45, 7) is 2.91.